The molecule has 0 saturated carbocycles. The molecule has 4 heteroatoms. The number of amides is 1. The van der Waals surface area contributed by atoms with Crippen LogP contribution in [0.5, 0.6) is 0 Å². The largest absolute Gasteiger partial charge is 0.322 e. The molecule has 0 aromatic heterocycles. The van der Waals surface area contributed by atoms with Crippen LogP contribution in [0.25, 0.3) is 21.5 Å². The summed E-state index contributed by atoms with van der Waals surface area (Å²) in [4.78, 5) is 37.2. The van der Waals surface area contributed by atoms with Crippen molar-refractivity contribution in [1.29, 1.82) is 0 Å². The third-order valence-corrected chi connectivity index (χ3v) is 7.35. The zero-order chi connectivity index (χ0) is 30.3. The molecule has 0 spiro atoms. The predicted molar refractivity (Wildman–Crippen MR) is 176 cm³/mol. The van der Waals surface area contributed by atoms with Gasteiger partial charge in [0.25, 0.3) is 5.91 Å². The summed E-state index contributed by atoms with van der Waals surface area (Å²) in [6.07, 6.45) is 0.556. The average molecular weight is 564 g/mol. The molecule has 43 heavy (non-hydrogen) atoms. The molecule has 4 nitrogen and oxygen atoms in total. The van der Waals surface area contributed by atoms with Crippen LogP contribution in [-0.4, -0.2) is 17.5 Å². The lowest BCUT2D eigenvalue weighted by Gasteiger charge is -2.13. The Morgan fingerprint density at radius 1 is 0.628 bits per heavy atom. The first-order chi connectivity index (χ1) is 20.8. The van der Waals surface area contributed by atoms with Crippen LogP contribution in [-0.2, 0) is 11.2 Å². The lowest BCUT2D eigenvalue weighted by molar-refractivity contribution is -0.116. The highest BCUT2D eigenvalue weighted by atomic mass is 16.2. The number of benzene rings is 6. The van der Waals surface area contributed by atoms with Crippen molar-refractivity contribution in [2.24, 2.45) is 0 Å². The monoisotopic (exact) mass is 563 g/mol. The zero-order valence-corrected chi connectivity index (χ0v) is 24.6. The van der Waals surface area contributed by atoms with E-state index in [9.17, 15) is 14.4 Å². The maximum absolute atomic E-state index is 13.5. The summed E-state index contributed by atoms with van der Waals surface area (Å²) in [5, 5.41) is 6.85. The Morgan fingerprint density at radius 2 is 1.21 bits per heavy atom. The maximum atomic E-state index is 13.5. The van der Waals surface area contributed by atoms with Crippen molar-refractivity contribution in [1.82, 2.24) is 0 Å². The second-order valence-corrected chi connectivity index (χ2v) is 10.7. The van der Waals surface area contributed by atoms with Crippen molar-refractivity contribution in [3.63, 3.8) is 0 Å². The fourth-order valence-corrected chi connectivity index (χ4v) is 5.13. The van der Waals surface area contributed by atoms with Crippen molar-refractivity contribution in [3.05, 3.63) is 161 Å². The van der Waals surface area contributed by atoms with Crippen LogP contribution < -0.4 is 5.32 Å². The number of anilines is 1. The van der Waals surface area contributed by atoms with Crippen molar-refractivity contribution >= 4 is 44.7 Å². The Balaban J connectivity index is 0.000000283. The van der Waals surface area contributed by atoms with Gasteiger partial charge in [0.1, 0.15) is 5.78 Å². The summed E-state index contributed by atoms with van der Waals surface area (Å²) >= 11 is 0. The van der Waals surface area contributed by atoms with E-state index in [1.807, 2.05) is 117 Å². The molecule has 6 rings (SSSR count). The van der Waals surface area contributed by atoms with E-state index in [-0.39, 0.29) is 17.5 Å². The Labute approximate surface area is 252 Å². The predicted octanol–water partition coefficient (Wildman–Crippen LogP) is 8.91. The quantitative estimate of drug-likeness (QED) is 0.163. The van der Waals surface area contributed by atoms with E-state index in [2.05, 4.69) is 11.4 Å². The van der Waals surface area contributed by atoms with Crippen LogP contribution in [0, 0.1) is 13.8 Å². The van der Waals surface area contributed by atoms with Crippen LogP contribution in [0.15, 0.2) is 127 Å². The van der Waals surface area contributed by atoms with Gasteiger partial charge in [-0.15, -0.1) is 0 Å². The molecule has 0 bridgehead atoms. The standard InChI is InChI=1S/C29H21NO2.C10H12O/c1-19-15-16-23(18-26(19)28(31)20-9-3-2-4-10-20)30-29(32)27-24-13-7-5-11-21(24)17-22-12-6-8-14-25(22)27;1-8-3-5-10(6-4-8)7-9(2)11/h2-18H,1H3,(H,30,32);3-6H,7H2,1-2H3. The first-order valence-electron chi connectivity index (χ1n) is 14.3. The van der Waals surface area contributed by atoms with E-state index < -0.39 is 0 Å². The molecule has 0 aliphatic rings. The molecule has 0 unspecified atom stereocenters. The summed E-state index contributed by atoms with van der Waals surface area (Å²) in [7, 11) is 0. The molecule has 1 amide bonds. The van der Waals surface area contributed by atoms with E-state index >= 15 is 0 Å². The van der Waals surface area contributed by atoms with E-state index in [0.29, 0.717) is 28.8 Å². The summed E-state index contributed by atoms with van der Waals surface area (Å²) in [6.45, 7) is 5.55. The minimum absolute atomic E-state index is 0.0604. The second-order valence-electron chi connectivity index (χ2n) is 10.7. The summed E-state index contributed by atoms with van der Waals surface area (Å²) < 4.78 is 0. The molecule has 0 atom stereocenters. The van der Waals surface area contributed by atoms with Gasteiger partial charge < -0.3 is 5.32 Å². The molecular weight excluding hydrogens is 530 g/mol. The molecule has 1 N–H and O–H groups in total. The summed E-state index contributed by atoms with van der Waals surface area (Å²) in [5.41, 5.74) is 5.64. The Kier molecular flexibility index (Phi) is 8.88. The van der Waals surface area contributed by atoms with Gasteiger partial charge in [-0.05, 0) is 71.6 Å². The highest BCUT2D eigenvalue weighted by molar-refractivity contribution is 6.22. The molecule has 0 aliphatic carbocycles. The highest BCUT2D eigenvalue weighted by Gasteiger charge is 2.17. The number of Topliss-reactive ketones (excluding diaryl/α,β-unsaturated/α-hetero) is 1. The van der Waals surface area contributed by atoms with Crippen LogP contribution in [0.1, 0.15) is 49.9 Å². The van der Waals surface area contributed by atoms with Gasteiger partial charge in [0, 0.05) is 23.2 Å². The number of nitrogens with one attached hydrogen (secondary N) is 1. The normalized spacial score (nSPS) is 10.6. The lowest BCUT2D eigenvalue weighted by atomic mass is 9.96. The Morgan fingerprint density at radius 3 is 1.81 bits per heavy atom. The summed E-state index contributed by atoms with van der Waals surface area (Å²) in [6, 6.07) is 40.6. The molecular formula is C39H33NO3. The number of aryl methyl sites for hydroxylation is 2. The van der Waals surface area contributed by atoms with Gasteiger partial charge in [0.15, 0.2) is 5.78 Å². The fourth-order valence-electron chi connectivity index (χ4n) is 5.13. The van der Waals surface area contributed by atoms with Gasteiger partial charge >= 0.3 is 0 Å². The van der Waals surface area contributed by atoms with Crippen molar-refractivity contribution < 1.29 is 14.4 Å². The highest BCUT2D eigenvalue weighted by Crippen LogP contribution is 2.29. The molecule has 6 aromatic rings. The van der Waals surface area contributed by atoms with Crippen LogP contribution in [0.2, 0.25) is 0 Å². The van der Waals surface area contributed by atoms with E-state index in [1.165, 1.54) is 5.56 Å². The third-order valence-electron chi connectivity index (χ3n) is 7.35. The molecule has 212 valence electrons. The fraction of sp³-hybridized carbons (Fsp3) is 0.103. The lowest BCUT2D eigenvalue weighted by Crippen LogP contribution is -2.14. The first kappa shape index (κ1) is 29.2. The van der Waals surface area contributed by atoms with Gasteiger partial charge in [0.05, 0.1) is 5.56 Å². The number of carbonyl (C=O) groups is 3. The number of fused-ring (bicyclic) bond motifs is 2. The molecule has 0 heterocycles. The van der Waals surface area contributed by atoms with Crippen LogP contribution in [0.3, 0.4) is 0 Å². The molecule has 0 radical (unpaired) electrons. The van der Waals surface area contributed by atoms with Crippen molar-refractivity contribution in [2.45, 2.75) is 27.2 Å². The number of hydrogen-bond acceptors (Lipinski definition) is 3. The van der Waals surface area contributed by atoms with Crippen LogP contribution in [0.4, 0.5) is 5.69 Å². The van der Waals surface area contributed by atoms with Crippen molar-refractivity contribution in [3.8, 4) is 0 Å². The Bertz CT molecular complexity index is 1890. The molecule has 0 fully saturated rings. The first-order valence-corrected chi connectivity index (χ1v) is 14.3. The topological polar surface area (TPSA) is 63.2 Å². The smallest absolute Gasteiger partial charge is 0.256 e. The van der Waals surface area contributed by atoms with Gasteiger partial charge in [-0.2, -0.15) is 0 Å². The molecule has 6 aromatic carbocycles. The van der Waals surface area contributed by atoms with E-state index in [4.69, 9.17) is 0 Å². The van der Waals surface area contributed by atoms with Gasteiger partial charge in [-0.25, -0.2) is 0 Å². The average Bonchev–Trinajstić information content (AvgIpc) is 3.02. The zero-order valence-electron chi connectivity index (χ0n) is 24.6. The third kappa shape index (κ3) is 6.94. The van der Waals surface area contributed by atoms with Gasteiger partial charge in [-0.3, -0.25) is 14.4 Å². The number of rotatable bonds is 6. The van der Waals surface area contributed by atoms with Gasteiger partial charge in [-0.1, -0.05) is 115 Å². The van der Waals surface area contributed by atoms with E-state index in [0.717, 1.165) is 32.7 Å². The Hall–Kier alpha value is -5.35. The molecule has 0 saturated heterocycles. The number of ketones is 2. The minimum Gasteiger partial charge on any atom is -0.322 e. The number of carbonyl (C=O) groups excluding carboxylic acids is 3. The number of hydrogen-bond donors (Lipinski definition) is 1. The SMILES string of the molecule is CC(=O)Cc1ccc(C)cc1.Cc1ccc(NC(=O)c2c3ccccc3cc3ccccc23)cc1C(=O)c1ccccc1. The van der Waals surface area contributed by atoms with Crippen LogP contribution >= 0.6 is 0 Å². The minimum atomic E-state index is -0.194. The second kappa shape index (κ2) is 13.1. The van der Waals surface area contributed by atoms with Gasteiger partial charge in [0.2, 0.25) is 0 Å². The summed E-state index contributed by atoms with van der Waals surface area (Å²) in [5.74, 6) is -0.0383. The maximum Gasteiger partial charge on any atom is 0.256 e. The van der Waals surface area contributed by atoms with E-state index in [1.54, 1.807) is 25.1 Å². The molecule has 0 aliphatic heterocycles. The van der Waals surface area contributed by atoms with Crippen molar-refractivity contribution in [2.75, 3.05) is 5.32 Å².